The Balaban J connectivity index is 1.96. The largest absolute Gasteiger partial charge is 0.494 e. The number of rotatable bonds is 8. The third kappa shape index (κ3) is 4.29. The zero-order valence-electron chi connectivity index (χ0n) is 12.6. The maximum Gasteiger partial charge on any atom is 0.137 e. The fourth-order valence-electron chi connectivity index (χ4n) is 2.28. The lowest BCUT2D eigenvalue weighted by Gasteiger charge is -2.27. The summed E-state index contributed by atoms with van der Waals surface area (Å²) in [7, 11) is 0. The number of hydrogen-bond acceptors (Lipinski definition) is 4. The van der Waals surface area contributed by atoms with Crippen LogP contribution in [0, 0.1) is 5.92 Å². The number of ether oxygens (including phenoxy) is 1. The summed E-state index contributed by atoms with van der Waals surface area (Å²) < 4.78 is 7.45. The van der Waals surface area contributed by atoms with Crippen LogP contribution in [0.1, 0.15) is 32.7 Å². The van der Waals surface area contributed by atoms with Crippen molar-refractivity contribution < 1.29 is 9.84 Å². The van der Waals surface area contributed by atoms with E-state index in [4.69, 9.17) is 4.74 Å². The summed E-state index contributed by atoms with van der Waals surface area (Å²) >= 11 is 0. The number of hydrogen-bond donors (Lipinski definition) is 1. The second-order valence-corrected chi connectivity index (χ2v) is 5.27. The number of aliphatic hydroxyl groups is 1. The predicted octanol–water partition coefficient (Wildman–Crippen LogP) is 2.70. The Morgan fingerprint density at radius 3 is 2.67 bits per heavy atom. The van der Waals surface area contributed by atoms with Crippen LogP contribution in [0.4, 0.5) is 0 Å². The van der Waals surface area contributed by atoms with Gasteiger partial charge in [-0.2, -0.15) is 5.10 Å². The maximum atomic E-state index is 10.5. The van der Waals surface area contributed by atoms with Crippen LogP contribution in [-0.2, 0) is 0 Å². The average Bonchev–Trinajstić information content (AvgIpc) is 3.05. The minimum absolute atomic E-state index is 0.119. The highest BCUT2D eigenvalue weighted by Gasteiger charge is 2.26. The Hall–Kier alpha value is -1.88. The van der Waals surface area contributed by atoms with Gasteiger partial charge < -0.3 is 9.84 Å². The normalized spacial score (nSPS) is 15.4. The SMILES string of the molecule is CCC(C)C(O)C(CCOc1ccccc1)n1cncn1. The summed E-state index contributed by atoms with van der Waals surface area (Å²) in [6, 6.07) is 9.57. The van der Waals surface area contributed by atoms with Crippen LogP contribution in [0.2, 0.25) is 0 Å². The van der Waals surface area contributed by atoms with Gasteiger partial charge in [-0.1, -0.05) is 38.5 Å². The van der Waals surface area contributed by atoms with Crippen LogP contribution in [0.25, 0.3) is 0 Å². The quantitative estimate of drug-likeness (QED) is 0.811. The molecular formula is C16H23N3O2. The lowest BCUT2D eigenvalue weighted by atomic mass is 9.94. The molecule has 1 aromatic carbocycles. The Morgan fingerprint density at radius 1 is 1.29 bits per heavy atom. The summed E-state index contributed by atoms with van der Waals surface area (Å²) in [4.78, 5) is 3.98. The van der Waals surface area contributed by atoms with Gasteiger partial charge in [0.1, 0.15) is 18.4 Å². The fourth-order valence-corrected chi connectivity index (χ4v) is 2.28. The fraction of sp³-hybridized carbons (Fsp3) is 0.500. The van der Waals surface area contributed by atoms with Crippen LogP contribution in [0.5, 0.6) is 5.75 Å². The summed E-state index contributed by atoms with van der Waals surface area (Å²) in [5.74, 6) is 1.05. The number of para-hydroxylation sites is 1. The molecule has 5 nitrogen and oxygen atoms in total. The second-order valence-electron chi connectivity index (χ2n) is 5.27. The molecule has 3 atom stereocenters. The molecule has 0 saturated heterocycles. The Kier molecular flexibility index (Phi) is 5.75. The van der Waals surface area contributed by atoms with E-state index in [9.17, 15) is 5.11 Å². The van der Waals surface area contributed by atoms with Crippen molar-refractivity contribution in [1.29, 1.82) is 0 Å². The predicted molar refractivity (Wildman–Crippen MR) is 81.1 cm³/mol. The molecule has 0 amide bonds. The highest BCUT2D eigenvalue weighted by atomic mass is 16.5. The molecule has 0 fully saturated rings. The molecule has 2 rings (SSSR count). The summed E-state index contributed by atoms with van der Waals surface area (Å²) in [5.41, 5.74) is 0. The van der Waals surface area contributed by atoms with Crippen molar-refractivity contribution in [2.45, 2.75) is 38.8 Å². The lowest BCUT2D eigenvalue weighted by molar-refractivity contribution is 0.0452. The molecule has 1 N–H and O–H groups in total. The minimum atomic E-state index is -0.462. The van der Waals surface area contributed by atoms with Crippen LogP contribution in [-0.4, -0.2) is 32.6 Å². The molecule has 0 bridgehead atoms. The van der Waals surface area contributed by atoms with Crippen molar-refractivity contribution in [2.75, 3.05) is 6.61 Å². The third-order valence-electron chi connectivity index (χ3n) is 3.82. The molecule has 5 heteroatoms. The highest BCUT2D eigenvalue weighted by molar-refractivity contribution is 5.20. The first kappa shape index (κ1) is 15.5. The maximum absolute atomic E-state index is 10.5. The van der Waals surface area contributed by atoms with E-state index >= 15 is 0 Å². The molecule has 0 aliphatic rings. The molecule has 0 aliphatic heterocycles. The van der Waals surface area contributed by atoms with E-state index in [1.54, 1.807) is 11.0 Å². The smallest absolute Gasteiger partial charge is 0.137 e. The Bertz CT molecular complexity index is 502. The molecule has 1 aromatic heterocycles. The molecule has 0 radical (unpaired) electrons. The highest BCUT2D eigenvalue weighted by Crippen LogP contribution is 2.23. The monoisotopic (exact) mass is 289 g/mol. The first-order valence-corrected chi connectivity index (χ1v) is 7.42. The summed E-state index contributed by atoms with van der Waals surface area (Å²) in [5, 5.41) is 14.7. The van der Waals surface area contributed by atoms with Crippen molar-refractivity contribution in [2.24, 2.45) is 5.92 Å². The molecule has 1 heterocycles. The molecular weight excluding hydrogens is 266 g/mol. The molecule has 0 saturated carbocycles. The van der Waals surface area contributed by atoms with E-state index < -0.39 is 6.10 Å². The van der Waals surface area contributed by atoms with Crippen molar-refractivity contribution in [3.05, 3.63) is 43.0 Å². The summed E-state index contributed by atoms with van der Waals surface area (Å²) in [6.07, 6.45) is 4.29. The van der Waals surface area contributed by atoms with E-state index in [0.717, 1.165) is 12.2 Å². The molecule has 114 valence electrons. The van der Waals surface area contributed by atoms with E-state index in [1.165, 1.54) is 6.33 Å². The molecule has 3 unspecified atom stereocenters. The molecule has 21 heavy (non-hydrogen) atoms. The summed E-state index contributed by atoms with van der Waals surface area (Å²) in [6.45, 7) is 4.65. The lowest BCUT2D eigenvalue weighted by Crippen LogP contribution is -2.31. The number of aromatic nitrogens is 3. The second kappa shape index (κ2) is 7.78. The number of nitrogens with zero attached hydrogens (tertiary/aromatic N) is 3. The first-order chi connectivity index (χ1) is 10.2. The van der Waals surface area contributed by atoms with E-state index in [0.29, 0.717) is 13.0 Å². The standard InChI is InChI=1S/C16H23N3O2/c1-3-13(2)16(20)15(19-12-17-11-18-19)9-10-21-14-7-5-4-6-8-14/h4-8,11-13,15-16,20H,3,9-10H2,1-2H3. The Morgan fingerprint density at radius 2 is 2.05 bits per heavy atom. The van der Waals surface area contributed by atoms with Crippen molar-refractivity contribution >= 4 is 0 Å². The van der Waals surface area contributed by atoms with Gasteiger partial charge in [0.05, 0.1) is 18.8 Å². The van der Waals surface area contributed by atoms with Gasteiger partial charge in [0.25, 0.3) is 0 Å². The van der Waals surface area contributed by atoms with Crippen molar-refractivity contribution in [3.8, 4) is 5.75 Å². The van der Waals surface area contributed by atoms with E-state index in [-0.39, 0.29) is 12.0 Å². The van der Waals surface area contributed by atoms with Crippen LogP contribution in [0.3, 0.4) is 0 Å². The van der Waals surface area contributed by atoms with Gasteiger partial charge in [0.2, 0.25) is 0 Å². The number of aliphatic hydroxyl groups excluding tert-OH is 1. The zero-order chi connectivity index (χ0) is 15.1. The van der Waals surface area contributed by atoms with Gasteiger partial charge in [-0.25, -0.2) is 9.67 Å². The van der Waals surface area contributed by atoms with Gasteiger partial charge >= 0.3 is 0 Å². The van der Waals surface area contributed by atoms with Gasteiger partial charge in [0.15, 0.2) is 0 Å². The van der Waals surface area contributed by atoms with E-state index in [1.807, 2.05) is 37.3 Å². The van der Waals surface area contributed by atoms with E-state index in [2.05, 4.69) is 17.0 Å². The third-order valence-corrected chi connectivity index (χ3v) is 3.82. The van der Waals surface area contributed by atoms with Gasteiger partial charge in [-0.05, 0) is 18.1 Å². The molecule has 2 aromatic rings. The topological polar surface area (TPSA) is 60.2 Å². The van der Waals surface area contributed by atoms with Crippen LogP contribution in [0.15, 0.2) is 43.0 Å². The van der Waals surface area contributed by atoms with Gasteiger partial charge in [0, 0.05) is 6.42 Å². The number of benzene rings is 1. The van der Waals surface area contributed by atoms with Crippen molar-refractivity contribution in [1.82, 2.24) is 14.8 Å². The van der Waals surface area contributed by atoms with Crippen molar-refractivity contribution in [3.63, 3.8) is 0 Å². The minimum Gasteiger partial charge on any atom is -0.494 e. The zero-order valence-corrected chi connectivity index (χ0v) is 12.6. The van der Waals surface area contributed by atoms with Crippen LogP contribution < -0.4 is 4.74 Å². The Labute approximate surface area is 125 Å². The van der Waals surface area contributed by atoms with Crippen LogP contribution >= 0.6 is 0 Å². The van der Waals surface area contributed by atoms with Gasteiger partial charge in [-0.15, -0.1) is 0 Å². The molecule has 0 spiro atoms. The van der Waals surface area contributed by atoms with Gasteiger partial charge in [-0.3, -0.25) is 0 Å². The first-order valence-electron chi connectivity index (χ1n) is 7.42. The molecule has 0 aliphatic carbocycles. The average molecular weight is 289 g/mol.